The van der Waals surface area contributed by atoms with Crippen molar-refractivity contribution < 1.29 is 14.3 Å². The second-order valence-electron chi connectivity index (χ2n) is 6.02. The normalized spacial score (nSPS) is 20.6. The second-order valence-corrected chi connectivity index (χ2v) is 6.02. The molecule has 2 aliphatic heterocycles. The van der Waals surface area contributed by atoms with E-state index in [1.165, 1.54) is 5.57 Å². The van der Waals surface area contributed by atoms with Gasteiger partial charge in [0.2, 0.25) is 0 Å². The molecular formula is C17H21N3O3. The SMILES string of the molecule is CC1=CCN(C(=O)Nc2ccc3c(c2)N(C)C(=O)[C@H](C)O3)CC1. The van der Waals surface area contributed by atoms with E-state index in [-0.39, 0.29) is 11.9 Å². The van der Waals surface area contributed by atoms with Crippen LogP contribution in [0.3, 0.4) is 0 Å². The Bertz CT molecular complexity index is 684. The lowest BCUT2D eigenvalue weighted by Crippen LogP contribution is -2.42. The maximum atomic E-state index is 12.3. The minimum atomic E-state index is -0.490. The van der Waals surface area contributed by atoms with E-state index in [0.29, 0.717) is 23.7 Å². The molecule has 1 aromatic rings. The highest BCUT2D eigenvalue weighted by atomic mass is 16.5. The molecule has 2 heterocycles. The highest BCUT2D eigenvalue weighted by Crippen LogP contribution is 2.35. The van der Waals surface area contributed by atoms with Crippen molar-refractivity contribution in [3.63, 3.8) is 0 Å². The molecule has 0 saturated heterocycles. The predicted octanol–water partition coefficient (Wildman–Crippen LogP) is 2.61. The number of fused-ring (bicyclic) bond motifs is 1. The topological polar surface area (TPSA) is 61.9 Å². The summed E-state index contributed by atoms with van der Waals surface area (Å²) < 4.78 is 5.58. The van der Waals surface area contributed by atoms with Crippen LogP contribution in [-0.4, -0.2) is 43.1 Å². The van der Waals surface area contributed by atoms with Crippen molar-refractivity contribution in [2.75, 3.05) is 30.4 Å². The second kappa shape index (κ2) is 5.95. The van der Waals surface area contributed by atoms with Crippen LogP contribution in [0, 0.1) is 0 Å². The van der Waals surface area contributed by atoms with Crippen LogP contribution in [0.25, 0.3) is 0 Å². The van der Waals surface area contributed by atoms with E-state index in [2.05, 4.69) is 18.3 Å². The number of carbonyl (C=O) groups is 2. The molecule has 122 valence electrons. The summed E-state index contributed by atoms with van der Waals surface area (Å²) in [4.78, 5) is 27.6. The number of nitrogens with one attached hydrogen (secondary N) is 1. The summed E-state index contributed by atoms with van der Waals surface area (Å²) >= 11 is 0. The van der Waals surface area contributed by atoms with Crippen molar-refractivity contribution in [3.05, 3.63) is 29.8 Å². The number of hydrogen-bond donors (Lipinski definition) is 1. The van der Waals surface area contributed by atoms with Gasteiger partial charge in [-0.2, -0.15) is 0 Å². The highest BCUT2D eigenvalue weighted by molar-refractivity contribution is 6.00. The van der Waals surface area contributed by atoms with Crippen LogP contribution in [0.2, 0.25) is 0 Å². The van der Waals surface area contributed by atoms with E-state index < -0.39 is 6.10 Å². The zero-order valence-corrected chi connectivity index (χ0v) is 13.6. The quantitative estimate of drug-likeness (QED) is 0.810. The lowest BCUT2D eigenvalue weighted by atomic mass is 10.1. The molecule has 1 aromatic carbocycles. The average Bonchev–Trinajstić information content (AvgIpc) is 2.54. The Hall–Kier alpha value is -2.50. The molecule has 0 spiro atoms. The van der Waals surface area contributed by atoms with E-state index in [9.17, 15) is 9.59 Å². The smallest absolute Gasteiger partial charge is 0.322 e. The Morgan fingerprint density at radius 1 is 1.39 bits per heavy atom. The molecule has 3 amide bonds. The average molecular weight is 315 g/mol. The molecule has 0 aromatic heterocycles. The molecule has 23 heavy (non-hydrogen) atoms. The zero-order valence-electron chi connectivity index (χ0n) is 13.6. The van der Waals surface area contributed by atoms with Gasteiger partial charge in [0.15, 0.2) is 6.10 Å². The van der Waals surface area contributed by atoms with Crippen LogP contribution in [0.5, 0.6) is 5.75 Å². The van der Waals surface area contributed by atoms with Crippen molar-refractivity contribution in [1.29, 1.82) is 0 Å². The van der Waals surface area contributed by atoms with Gasteiger partial charge in [-0.3, -0.25) is 4.79 Å². The largest absolute Gasteiger partial charge is 0.479 e. The number of anilines is 2. The van der Waals surface area contributed by atoms with Crippen molar-refractivity contribution >= 4 is 23.3 Å². The standard InChI is InChI=1S/C17H21N3O3/c1-11-6-8-20(9-7-11)17(22)18-13-4-5-15-14(10-13)19(3)16(21)12(2)23-15/h4-6,10,12H,7-9H2,1-3H3,(H,18,22)/t12-/m0/s1. The molecule has 1 N–H and O–H groups in total. The molecule has 1 atom stereocenters. The van der Waals surface area contributed by atoms with Crippen molar-refractivity contribution in [1.82, 2.24) is 4.90 Å². The molecule has 6 heteroatoms. The Kier molecular flexibility index (Phi) is 3.98. The lowest BCUT2D eigenvalue weighted by molar-refractivity contribution is -0.125. The molecule has 6 nitrogen and oxygen atoms in total. The summed E-state index contributed by atoms with van der Waals surface area (Å²) in [6, 6.07) is 5.21. The summed E-state index contributed by atoms with van der Waals surface area (Å²) in [5, 5.41) is 2.89. The molecule has 0 aliphatic carbocycles. The van der Waals surface area contributed by atoms with Crippen LogP contribution in [0.15, 0.2) is 29.8 Å². The van der Waals surface area contributed by atoms with E-state index in [4.69, 9.17) is 4.74 Å². The number of rotatable bonds is 1. The minimum absolute atomic E-state index is 0.0994. The Balaban J connectivity index is 1.75. The number of benzene rings is 1. The van der Waals surface area contributed by atoms with Gasteiger partial charge in [0.1, 0.15) is 5.75 Å². The van der Waals surface area contributed by atoms with E-state index in [1.54, 1.807) is 42.0 Å². The van der Waals surface area contributed by atoms with E-state index >= 15 is 0 Å². The number of carbonyl (C=O) groups excluding carboxylic acids is 2. The van der Waals surface area contributed by atoms with Gasteiger partial charge in [0.25, 0.3) is 5.91 Å². The Morgan fingerprint density at radius 3 is 2.87 bits per heavy atom. The van der Waals surface area contributed by atoms with Gasteiger partial charge in [0.05, 0.1) is 5.69 Å². The van der Waals surface area contributed by atoms with E-state index in [0.717, 1.165) is 13.0 Å². The Morgan fingerprint density at radius 2 is 2.17 bits per heavy atom. The van der Waals surface area contributed by atoms with Crippen LogP contribution < -0.4 is 15.0 Å². The first-order chi connectivity index (χ1) is 11.0. The number of nitrogens with zero attached hydrogens (tertiary/aromatic N) is 2. The van der Waals surface area contributed by atoms with Crippen LogP contribution in [-0.2, 0) is 4.79 Å². The molecule has 0 saturated carbocycles. The maximum absolute atomic E-state index is 12.3. The number of likely N-dealkylation sites (N-methyl/N-ethyl adjacent to an activating group) is 1. The van der Waals surface area contributed by atoms with Gasteiger partial charge >= 0.3 is 6.03 Å². The van der Waals surface area contributed by atoms with Crippen LogP contribution >= 0.6 is 0 Å². The minimum Gasteiger partial charge on any atom is -0.479 e. The van der Waals surface area contributed by atoms with Crippen molar-refractivity contribution in [2.45, 2.75) is 26.4 Å². The van der Waals surface area contributed by atoms with Gasteiger partial charge in [-0.05, 0) is 38.5 Å². The van der Waals surface area contributed by atoms with Gasteiger partial charge in [0, 0.05) is 25.8 Å². The van der Waals surface area contributed by atoms with Gasteiger partial charge in [-0.25, -0.2) is 4.79 Å². The molecule has 0 fully saturated rings. The summed E-state index contributed by atoms with van der Waals surface area (Å²) in [5.41, 5.74) is 2.63. The number of urea groups is 1. The van der Waals surface area contributed by atoms with Gasteiger partial charge in [-0.1, -0.05) is 11.6 Å². The highest BCUT2D eigenvalue weighted by Gasteiger charge is 2.29. The summed E-state index contributed by atoms with van der Waals surface area (Å²) in [7, 11) is 1.71. The monoisotopic (exact) mass is 315 g/mol. The summed E-state index contributed by atoms with van der Waals surface area (Å²) in [5.74, 6) is 0.548. The van der Waals surface area contributed by atoms with Crippen LogP contribution in [0.4, 0.5) is 16.2 Å². The fourth-order valence-electron chi connectivity index (χ4n) is 2.75. The molecule has 2 aliphatic rings. The van der Waals surface area contributed by atoms with Gasteiger partial charge in [-0.15, -0.1) is 0 Å². The third kappa shape index (κ3) is 3.02. The molecule has 3 rings (SSSR count). The maximum Gasteiger partial charge on any atom is 0.322 e. The predicted molar refractivity (Wildman–Crippen MR) is 88.9 cm³/mol. The first-order valence-corrected chi connectivity index (χ1v) is 7.75. The number of amides is 3. The fraction of sp³-hybridized carbons (Fsp3) is 0.412. The first-order valence-electron chi connectivity index (χ1n) is 7.75. The third-order valence-electron chi connectivity index (χ3n) is 4.28. The molecule has 0 unspecified atom stereocenters. The van der Waals surface area contributed by atoms with Crippen molar-refractivity contribution in [3.8, 4) is 5.75 Å². The third-order valence-corrected chi connectivity index (χ3v) is 4.28. The Labute approximate surface area is 135 Å². The number of ether oxygens (including phenoxy) is 1. The zero-order chi connectivity index (χ0) is 16.6. The van der Waals surface area contributed by atoms with Gasteiger partial charge < -0.3 is 19.9 Å². The molecule has 0 radical (unpaired) electrons. The first kappa shape index (κ1) is 15.4. The molecular weight excluding hydrogens is 294 g/mol. The van der Waals surface area contributed by atoms with Crippen molar-refractivity contribution in [2.24, 2.45) is 0 Å². The summed E-state index contributed by atoms with van der Waals surface area (Å²) in [6.07, 6.45) is 2.48. The lowest BCUT2D eigenvalue weighted by Gasteiger charge is -2.31. The fourth-order valence-corrected chi connectivity index (χ4v) is 2.75. The summed E-state index contributed by atoms with van der Waals surface area (Å²) in [6.45, 7) is 5.15. The molecule has 0 bridgehead atoms. The van der Waals surface area contributed by atoms with Crippen LogP contribution in [0.1, 0.15) is 20.3 Å². The number of hydrogen-bond acceptors (Lipinski definition) is 3. The van der Waals surface area contributed by atoms with E-state index in [1.807, 2.05) is 0 Å².